The van der Waals surface area contributed by atoms with Crippen LogP contribution in [0.3, 0.4) is 0 Å². The van der Waals surface area contributed by atoms with Crippen LogP contribution in [0.2, 0.25) is 0 Å². The molecule has 0 aliphatic carbocycles. The number of ketones is 3. The largest absolute Gasteiger partial charge is 0.504 e. The van der Waals surface area contributed by atoms with Crippen LogP contribution in [0.25, 0.3) is 0 Å². The van der Waals surface area contributed by atoms with E-state index in [1.54, 1.807) is 72.8 Å². The number of phenolic OH excluding ortho intramolecular Hbond substituents is 6. The van der Waals surface area contributed by atoms with E-state index in [1.165, 1.54) is 0 Å². The molecule has 0 saturated heterocycles. The molecule has 0 atom stereocenters. The van der Waals surface area contributed by atoms with Crippen LogP contribution in [-0.2, 0) is 0 Å². The molecule has 6 aromatic carbocycles. The molecule has 0 aliphatic heterocycles. The van der Waals surface area contributed by atoms with Crippen molar-refractivity contribution >= 4 is 34.4 Å². The molecule has 18 nitrogen and oxygen atoms in total. The molecule has 0 aromatic heterocycles. The second kappa shape index (κ2) is 18.5. The number of nitro groups is 3. The van der Waals surface area contributed by atoms with Crippen LogP contribution in [0, 0.1) is 51.1 Å². The standard InChI is InChI=1S/3C14H11NO5/c3*1-8-2-4-9(5-3-8)13(17)10-6-11(15(19)20)14(18)12(16)7-10/h3*2-7,16,18H,1H3. The number of nitrogens with zero attached hydrogens (tertiary/aromatic N) is 3. The van der Waals surface area contributed by atoms with Crippen LogP contribution in [0.5, 0.6) is 34.5 Å². The Kier molecular flexibility index (Phi) is 13.6. The first-order valence-electron chi connectivity index (χ1n) is 17.1. The van der Waals surface area contributed by atoms with Gasteiger partial charge in [0.25, 0.3) is 0 Å². The van der Waals surface area contributed by atoms with Crippen LogP contribution < -0.4 is 0 Å². The van der Waals surface area contributed by atoms with E-state index in [-0.39, 0.29) is 16.7 Å². The van der Waals surface area contributed by atoms with Gasteiger partial charge in [0.05, 0.1) is 14.8 Å². The molecule has 0 spiro atoms. The number of aryl methyl sites for hydroxylation is 3. The molecule has 6 N–H and O–H groups in total. The van der Waals surface area contributed by atoms with Crippen molar-refractivity contribution in [3.05, 3.63) is 190 Å². The van der Waals surface area contributed by atoms with E-state index < -0.39 is 83.7 Å². The summed E-state index contributed by atoms with van der Waals surface area (Å²) in [6.45, 7) is 5.60. The van der Waals surface area contributed by atoms with Crippen LogP contribution in [0.4, 0.5) is 17.1 Å². The van der Waals surface area contributed by atoms with Crippen molar-refractivity contribution in [2.75, 3.05) is 0 Å². The summed E-state index contributed by atoms with van der Waals surface area (Å²) >= 11 is 0. The summed E-state index contributed by atoms with van der Waals surface area (Å²) in [4.78, 5) is 66.2. The maximum Gasteiger partial charge on any atom is 0.315 e. The summed E-state index contributed by atoms with van der Waals surface area (Å²) < 4.78 is 0. The second-order valence-corrected chi connectivity index (χ2v) is 12.9. The third-order valence-corrected chi connectivity index (χ3v) is 8.53. The molecule has 0 fully saturated rings. The van der Waals surface area contributed by atoms with Gasteiger partial charge in [-0.3, -0.25) is 44.7 Å². The molecule has 18 heteroatoms. The maximum absolute atomic E-state index is 12.2. The Bertz CT molecular complexity index is 2370. The highest BCUT2D eigenvalue weighted by molar-refractivity contribution is 6.11. The second-order valence-electron chi connectivity index (χ2n) is 12.9. The Labute approximate surface area is 338 Å². The number of phenols is 6. The lowest BCUT2D eigenvalue weighted by atomic mass is 10.0. The average molecular weight is 820 g/mol. The monoisotopic (exact) mass is 819 g/mol. The minimum Gasteiger partial charge on any atom is -0.504 e. The number of carbonyl (C=O) groups is 3. The van der Waals surface area contributed by atoms with Crippen LogP contribution in [-0.4, -0.2) is 62.8 Å². The minimum atomic E-state index is -0.860. The highest BCUT2D eigenvalue weighted by Crippen LogP contribution is 2.39. The summed E-state index contributed by atoms with van der Waals surface area (Å²) in [6.07, 6.45) is 0. The Morgan fingerprint density at radius 1 is 0.367 bits per heavy atom. The minimum absolute atomic E-state index is 0.0594. The smallest absolute Gasteiger partial charge is 0.315 e. The van der Waals surface area contributed by atoms with E-state index in [2.05, 4.69) is 0 Å². The van der Waals surface area contributed by atoms with Gasteiger partial charge in [0, 0.05) is 51.6 Å². The molecular weight excluding hydrogens is 786 g/mol. The fourth-order valence-electron chi connectivity index (χ4n) is 5.24. The van der Waals surface area contributed by atoms with Crippen molar-refractivity contribution in [1.82, 2.24) is 0 Å². The first kappa shape index (κ1) is 44.0. The van der Waals surface area contributed by atoms with Crippen LogP contribution in [0.1, 0.15) is 64.5 Å². The Morgan fingerprint density at radius 2 is 0.567 bits per heavy atom. The zero-order chi connectivity index (χ0) is 44.6. The van der Waals surface area contributed by atoms with Gasteiger partial charge < -0.3 is 30.6 Å². The van der Waals surface area contributed by atoms with Crippen molar-refractivity contribution in [1.29, 1.82) is 0 Å². The number of benzene rings is 6. The number of hydrogen-bond donors (Lipinski definition) is 6. The molecule has 0 amide bonds. The molecule has 6 rings (SSSR count). The number of rotatable bonds is 9. The van der Waals surface area contributed by atoms with Crippen LogP contribution >= 0.6 is 0 Å². The van der Waals surface area contributed by atoms with E-state index in [9.17, 15) is 75.4 Å². The van der Waals surface area contributed by atoms with E-state index in [0.717, 1.165) is 53.1 Å². The first-order valence-corrected chi connectivity index (χ1v) is 17.1. The average Bonchev–Trinajstić information content (AvgIpc) is 3.21. The van der Waals surface area contributed by atoms with E-state index in [1.807, 2.05) is 20.8 Å². The number of hydrogen-bond acceptors (Lipinski definition) is 15. The number of aromatic hydroxyl groups is 6. The zero-order valence-electron chi connectivity index (χ0n) is 31.6. The van der Waals surface area contributed by atoms with Crippen LogP contribution in [0.15, 0.2) is 109 Å². The predicted molar refractivity (Wildman–Crippen MR) is 213 cm³/mol. The highest BCUT2D eigenvalue weighted by atomic mass is 16.6. The highest BCUT2D eigenvalue weighted by Gasteiger charge is 2.24. The lowest BCUT2D eigenvalue weighted by molar-refractivity contribution is -0.386. The summed E-state index contributed by atoms with van der Waals surface area (Å²) in [5, 5.41) is 88.8. The van der Waals surface area contributed by atoms with Gasteiger partial charge in [-0.25, -0.2) is 0 Å². The topological polar surface area (TPSA) is 302 Å². The van der Waals surface area contributed by atoms with Gasteiger partial charge >= 0.3 is 17.1 Å². The summed E-state index contributed by atoms with van der Waals surface area (Å²) in [6, 6.07) is 25.8. The van der Waals surface area contributed by atoms with Crippen molar-refractivity contribution in [2.45, 2.75) is 20.8 Å². The summed E-state index contributed by atoms with van der Waals surface area (Å²) in [5.41, 5.74) is 1.65. The Balaban J connectivity index is 0.000000198. The predicted octanol–water partition coefficient (Wildman–Crippen LogP) is 7.64. The van der Waals surface area contributed by atoms with Crippen molar-refractivity contribution < 1.29 is 59.8 Å². The number of nitro benzene ring substituents is 3. The van der Waals surface area contributed by atoms with E-state index in [4.69, 9.17) is 0 Å². The zero-order valence-corrected chi connectivity index (χ0v) is 31.6. The van der Waals surface area contributed by atoms with Gasteiger partial charge in [-0.15, -0.1) is 0 Å². The first-order chi connectivity index (χ1) is 28.2. The molecular formula is C42H33N3O15. The van der Waals surface area contributed by atoms with E-state index >= 15 is 0 Å². The summed E-state index contributed by atoms with van der Waals surface area (Å²) in [7, 11) is 0. The van der Waals surface area contributed by atoms with Crippen molar-refractivity contribution in [2.24, 2.45) is 0 Å². The molecule has 0 unspecified atom stereocenters. The van der Waals surface area contributed by atoms with E-state index in [0.29, 0.717) is 16.7 Å². The third-order valence-electron chi connectivity index (χ3n) is 8.53. The summed E-state index contributed by atoms with van der Waals surface area (Å²) in [5.74, 6) is -6.06. The Hall–Kier alpha value is -8.67. The molecule has 0 heterocycles. The SMILES string of the molecule is Cc1ccc(C(=O)c2cc(O)c(O)c([N+](=O)[O-])c2)cc1.Cc1ccc(C(=O)c2cc(O)c(O)c([N+](=O)[O-])c2)cc1.Cc1ccc(C(=O)c2cc(O)c(O)c([N+](=O)[O-])c2)cc1. The molecule has 306 valence electrons. The maximum atomic E-state index is 12.2. The lowest BCUT2D eigenvalue weighted by Crippen LogP contribution is -2.02. The fraction of sp³-hybridized carbons (Fsp3) is 0.0714. The van der Waals surface area contributed by atoms with Gasteiger partial charge in [-0.05, 0) is 39.0 Å². The molecule has 0 aliphatic rings. The lowest BCUT2D eigenvalue weighted by Gasteiger charge is -2.05. The normalized spacial score (nSPS) is 10.2. The third kappa shape index (κ3) is 10.4. The molecule has 60 heavy (non-hydrogen) atoms. The molecule has 0 bridgehead atoms. The molecule has 6 aromatic rings. The fourth-order valence-corrected chi connectivity index (χ4v) is 5.24. The van der Waals surface area contributed by atoms with Gasteiger partial charge in [0.2, 0.25) is 17.2 Å². The molecule has 0 saturated carbocycles. The molecule has 0 radical (unpaired) electrons. The van der Waals surface area contributed by atoms with Gasteiger partial charge in [-0.2, -0.15) is 0 Å². The van der Waals surface area contributed by atoms with Crippen molar-refractivity contribution in [3.8, 4) is 34.5 Å². The van der Waals surface area contributed by atoms with Crippen molar-refractivity contribution in [3.63, 3.8) is 0 Å². The van der Waals surface area contributed by atoms with Gasteiger partial charge in [0.15, 0.2) is 34.6 Å². The quantitative estimate of drug-likeness (QED) is 0.0353. The Morgan fingerprint density at radius 3 is 0.750 bits per heavy atom. The number of carbonyl (C=O) groups excluding carboxylic acids is 3. The van der Waals surface area contributed by atoms with Gasteiger partial charge in [-0.1, -0.05) is 89.5 Å². The van der Waals surface area contributed by atoms with Gasteiger partial charge in [0.1, 0.15) is 0 Å².